The van der Waals surface area contributed by atoms with Gasteiger partial charge in [0.15, 0.2) is 5.65 Å². The average Bonchev–Trinajstić information content (AvgIpc) is 2.46. The molecule has 80 valence electrons. The summed E-state index contributed by atoms with van der Waals surface area (Å²) in [6.45, 7) is 6.64. The van der Waals surface area contributed by atoms with Crippen LogP contribution in [0.15, 0.2) is 4.47 Å². The second kappa shape index (κ2) is 3.77. The normalized spacial score (nSPS) is 10.9. The molecule has 6 heteroatoms. The molecule has 2 aromatic rings. The zero-order chi connectivity index (χ0) is 11.0. The Kier molecular flexibility index (Phi) is 2.60. The van der Waals surface area contributed by atoms with Crippen molar-refractivity contribution >= 4 is 27.5 Å². The molecule has 0 bridgehead atoms. The lowest BCUT2D eigenvalue weighted by Crippen LogP contribution is -2.09. The molecular formula is C9H12BrN5. The highest BCUT2D eigenvalue weighted by molar-refractivity contribution is 9.10. The van der Waals surface area contributed by atoms with Crippen molar-refractivity contribution in [2.45, 2.75) is 20.8 Å². The Hall–Kier alpha value is -1.17. The van der Waals surface area contributed by atoms with Crippen LogP contribution in [0.1, 0.15) is 18.4 Å². The number of aryl methyl sites for hydroxylation is 2. The fourth-order valence-electron chi connectivity index (χ4n) is 1.39. The maximum Gasteiger partial charge on any atom is 0.227 e. The molecule has 0 aromatic carbocycles. The number of hydrogen-bond acceptors (Lipinski definition) is 4. The van der Waals surface area contributed by atoms with Gasteiger partial charge in [-0.25, -0.2) is 4.98 Å². The molecule has 0 saturated heterocycles. The molecule has 15 heavy (non-hydrogen) atoms. The smallest absolute Gasteiger partial charge is 0.227 e. The molecule has 0 saturated carbocycles. The van der Waals surface area contributed by atoms with Crippen molar-refractivity contribution in [3.63, 3.8) is 0 Å². The Bertz CT molecular complexity index is 505. The van der Waals surface area contributed by atoms with Gasteiger partial charge in [0.2, 0.25) is 5.95 Å². The molecule has 2 aromatic heterocycles. The van der Waals surface area contributed by atoms with Gasteiger partial charge in [-0.3, -0.25) is 0 Å². The van der Waals surface area contributed by atoms with Crippen LogP contribution >= 0.6 is 15.9 Å². The number of anilines is 1. The highest BCUT2D eigenvalue weighted by Gasteiger charge is 2.12. The van der Waals surface area contributed by atoms with E-state index in [1.54, 1.807) is 4.52 Å². The van der Waals surface area contributed by atoms with Crippen LogP contribution in [-0.2, 0) is 0 Å². The molecule has 0 radical (unpaired) electrons. The van der Waals surface area contributed by atoms with Gasteiger partial charge in [0.1, 0.15) is 5.82 Å². The Morgan fingerprint density at radius 2 is 2.07 bits per heavy atom. The van der Waals surface area contributed by atoms with E-state index in [1.165, 1.54) is 0 Å². The summed E-state index contributed by atoms with van der Waals surface area (Å²) in [6.07, 6.45) is 0. The lowest BCUT2D eigenvalue weighted by Gasteiger charge is -2.05. The maximum atomic E-state index is 4.35. The Labute approximate surface area is 96.1 Å². The number of halogens is 1. The van der Waals surface area contributed by atoms with Gasteiger partial charge in [0, 0.05) is 6.54 Å². The van der Waals surface area contributed by atoms with E-state index in [1.807, 2.05) is 20.8 Å². The third-order valence-corrected chi connectivity index (χ3v) is 2.96. The fourth-order valence-corrected chi connectivity index (χ4v) is 1.73. The van der Waals surface area contributed by atoms with E-state index >= 15 is 0 Å². The van der Waals surface area contributed by atoms with Gasteiger partial charge in [0.05, 0.1) is 10.2 Å². The van der Waals surface area contributed by atoms with Crippen LogP contribution in [0.3, 0.4) is 0 Å². The molecule has 0 aliphatic carbocycles. The number of aromatic nitrogens is 4. The van der Waals surface area contributed by atoms with E-state index in [9.17, 15) is 0 Å². The predicted molar refractivity (Wildman–Crippen MR) is 62.1 cm³/mol. The number of fused-ring (bicyclic) bond motifs is 1. The van der Waals surface area contributed by atoms with Crippen molar-refractivity contribution in [1.82, 2.24) is 19.6 Å². The molecule has 2 heterocycles. The molecule has 2 rings (SSSR count). The first-order chi connectivity index (χ1) is 7.13. The van der Waals surface area contributed by atoms with Crippen LogP contribution in [0.25, 0.3) is 5.65 Å². The lowest BCUT2D eigenvalue weighted by atomic mass is 10.5. The van der Waals surface area contributed by atoms with Crippen molar-refractivity contribution in [1.29, 1.82) is 0 Å². The van der Waals surface area contributed by atoms with E-state index in [0.717, 1.165) is 34.1 Å². The summed E-state index contributed by atoms with van der Waals surface area (Å²) in [6, 6.07) is 0. The Balaban J connectivity index is 2.74. The third-order valence-electron chi connectivity index (χ3n) is 2.04. The van der Waals surface area contributed by atoms with Crippen LogP contribution < -0.4 is 5.32 Å². The van der Waals surface area contributed by atoms with Crippen molar-refractivity contribution in [3.05, 3.63) is 16.0 Å². The van der Waals surface area contributed by atoms with Crippen LogP contribution in [0.2, 0.25) is 0 Å². The highest BCUT2D eigenvalue weighted by Crippen LogP contribution is 2.22. The maximum absolute atomic E-state index is 4.35. The zero-order valence-electron chi connectivity index (χ0n) is 8.87. The average molecular weight is 270 g/mol. The van der Waals surface area contributed by atoms with Crippen LogP contribution in [0, 0.1) is 13.8 Å². The van der Waals surface area contributed by atoms with Gasteiger partial charge >= 0.3 is 0 Å². The molecule has 1 N–H and O–H groups in total. The number of nitrogens with zero attached hydrogens (tertiary/aromatic N) is 4. The van der Waals surface area contributed by atoms with E-state index in [2.05, 4.69) is 36.3 Å². The first-order valence-corrected chi connectivity index (χ1v) is 5.56. The molecule has 0 aliphatic heterocycles. The van der Waals surface area contributed by atoms with Crippen LogP contribution in [0.5, 0.6) is 0 Å². The summed E-state index contributed by atoms with van der Waals surface area (Å²) >= 11 is 3.47. The molecular weight excluding hydrogens is 258 g/mol. The number of hydrogen-bond donors (Lipinski definition) is 1. The summed E-state index contributed by atoms with van der Waals surface area (Å²) in [5.74, 6) is 1.47. The predicted octanol–water partition coefficient (Wildman–Crippen LogP) is 1.94. The molecule has 0 amide bonds. The topological polar surface area (TPSA) is 55.1 Å². The third kappa shape index (κ3) is 1.69. The summed E-state index contributed by atoms with van der Waals surface area (Å²) in [5.41, 5.74) is 1.71. The first-order valence-electron chi connectivity index (χ1n) is 4.76. The fraction of sp³-hybridized carbons (Fsp3) is 0.444. The molecule has 0 atom stereocenters. The first kappa shape index (κ1) is 10.4. The van der Waals surface area contributed by atoms with Gasteiger partial charge in [-0.15, -0.1) is 0 Å². The largest absolute Gasteiger partial charge is 0.354 e. The van der Waals surface area contributed by atoms with Crippen molar-refractivity contribution in [3.8, 4) is 0 Å². The second-order valence-corrected chi connectivity index (χ2v) is 4.05. The summed E-state index contributed by atoms with van der Waals surface area (Å²) < 4.78 is 2.64. The van der Waals surface area contributed by atoms with Crippen molar-refractivity contribution in [2.24, 2.45) is 0 Å². The number of rotatable bonds is 2. The molecule has 0 aliphatic rings. The van der Waals surface area contributed by atoms with E-state index in [0.29, 0.717) is 0 Å². The summed E-state index contributed by atoms with van der Waals surface area (Å²) in [4.78, 5) is 8.64. The Morgan fingerprint density at radius 3 is 2.73 bits per heavy atom. The zero-order valence-corrected chi connectivity index (χ0v) is 10.5. The lowest BCUT2D eigenvalue weighted by molar-refractivity contribution is 0.856. The second-order valence-electron chi connectivity index (χ2n) is 3.26. The summed E-state index contributed by atoms with van der Waals surface area (Å²) in [7, 11) is 0. The monoisotopic (exact) mass is 269 g/mol. The van der Waals surface area contributed by atoms with Gasteiger partial charge in [-0.05, 0) is 36.7 Å². The van der Waals surface area contributed by atoms with Crippen LogP contribution in [-0.4, -0.2) is 26.1 Å². The minimum atomic E-state index is 0.730. The molecule has 5 nitrogen and oxygen atoms in total. The quantitative estimate of drug-likeness (QED) is 0.906. The molecule has 0 fully saturated rings. The van der Waals surface area contributed by atoms with E-state index < -0.39 is 0 Å². The van der Waals surface area contributed by atoms with Crippen LogP contribution in [0.4, 0.5) is 5.95 Å². The Morgan fingerprint density at radius 1 is 1.33 bits per heavy atom. The minimum Gasteiger partial charge on any atom is -0.354 e. The minimum absolute atomic E-state index is 0.730. The summed E-state index contributed by atoms with van der Waals surface area (Å²) in [5, 5.41) is 7.52. The standard InChI is InChI=1S/C9H12BrN5/c1-4-11-9-13-6(3)12-8-7(10)5(2)14-15(8)9/h4H2,1-3H3,(H,11,12,13). The molecule has 0 unspecified atom stereocenters. The van der Waals surface area contributed by atoms with Crippen molar-refractivity contribution < 1.29 is 0 Å². The van der Waals surface area contributed by atoms with Gasteiger partial charge in [-0.1, -0.05) is 0 Å². The SMILES string of the molecule is CCNc1nc(C)nc2c(Br)c(C)nn12. The van der Waals surface area contributed by atoms with E-state index in [-0.39, 0.29) is 0 Å². The highest BCUT2D eigenvalue weighted by atomic mass is 79.9. The van der Waals surface area contributed by atoms with Crippen molar-refractivity contribution in [2.75, 3.05) is 11.9 Å². The number of nitrogens with one attached hydrogen (secondary N) is 1. The van der Waals surface area contributed by atoms with E-state index in [4.69, 9.17) is 0 Å². The van der Waals surface area contributed by atoms with Gasteiger partial charge in [0.25, 0.3) is 0 Å². The molecule has 0 spiro atoms. The van der Waals surface area contributed by atoms with Gasteiger partial charge in [-0.2, -0.15) is 14.6 Å². The van der Waals surface area contributed by atoms with Gasteiger partial charge < -0.3 is 5.32 Å².